The first kappa shape index (κ1) is 18.2. The van der Waals surface area contributed by atoms with Crippen LogP contribution in [0.15, 0.2) is 12.3 Å². The van der Waals surface area contributed by atoms with Gasteiger partial charge in [-0.2, -0.15) is 5.10 Å². The van der Waals surface area contributed by atoms with Gasteiger partial charge in [0.1, 0.15) is 5.60 Å². The zero-order valence-corrected chi connectivity index (χ0v) is 16.0. The second kappa shape index (κ2) is 6.98. The predicted molar refractivity (Wildman–Crippen MR) is 97.3 cm³/mol. The van der Waals surface area contributed by atoms with E-state index in [0.717, 1.165) is 45.3 Å². The highest BCUT2D eigenvalue weighted by molar-refractivity contribution is 5.69. The lowest BCUT2D eigenvalue weighted by molar-refractivity contribution is -0.0494. The molecule has 6 nitrogen and oxygen atoms in total. The Morgan fingerprint density at radius 1 is 1.44 bits per heavy atom. The summed E-state index contributed by atoms with van der Waals surface area (Å²) in [6.45, 7) is 10.4. The van der Waals surface area contributed by atoms with Gasteiger partial charge < -0.3 is 15.0 Å². The van der Waals surface area contributed by atoms with E-state index in [1.807, 2.05) is 36.5 Å². The summed E-state index contributed by atoms with van der Waals surface area (Å²) in [4.78, 5) is 14.6. The minimum atomic E-state index is -0.435. The highest BCUT2D eigenvalue weighted by atomic mass is 16.6. The van der Waals surface area contributed by atoms with Crippen LogP contribution >= 0.6 is 0 Å². The molecule has 0 aromatic carbocycles. The SMILES string of the molecule is CCn1nccc1CNC1CCN(C(=O)OC(C)(C)C)C2(CCC2)C1. The Kier molecular flexibility index (Phi) is 5.09. The quantitative estimate of drug-likeness (QED) is 0.907. The number of nitrogens with one attached hydrogen (secondary N) is 1. The molecule has 1 aliphatic heterocycles. The van der Waals surface area contributed by atoms with Gasteiger partial charge in [-0.15, -0.1) is 0 Å². The van der Waals surface area contributed by atoms with Crippen molar-refractivity contribution in [1.82, 2.24) is 20.0 Å². The van der Waals surface area contributed by atoms with Gasteiger partial charge in [0.15, 0.2) is 0 Å². The summed E-state index contributed by atoms with van der Waals surface area (Å²) in [6.07, 6.45) is 7.10. The van der Waals surface area contributed by atoms with E-state index in [4.69, 9.17) is 4.74 Å². The molecule has 1 atom stereocenters. The third-order valence-corrected chi connectivity index (χ3v) is 5.47. The molecule has 2 aliphatic rings. The minimum absolute atomic E-state index is 0.00322. The fourth-order valence-corrected chi connectivity index (χ4v) is 4.07. The molecule has 2 heterocycles. The molecule has 0 bridgehead atoms. The van der Waals surface area contributed by atoms with Crippen molar-refractivity contribution in [2.75, 3.05) is 6.54 Å². The predicted octanol–water partition coefficient (Wildman–Crippen LogP) is 3.31. The van der Waals surface area contributed by atoms with Crippen LogP contribution in [0.4, 0.5) is 4.79 Å². The highest BCUT2D eigenvalue weighted by Crippen LogP contribution is 2.45. The average molecular weight is 348 g/mol. The van der Waals surface area contributed by atoms with E-state index in [1.165, 1.54) is 12.1 Å². The van der Waals surface area contributed by atoms with Gasteiger partial charge >= 0.3 is 6.09 Å². The van der Waals surface area contributed by atoms with E-state index in [0.29, 0.717) is 6.04 Å². The molecule has 1 unspecified atom stereocenters. The van der Waals surface area contributed by atoms with E-state index < -0.39 is 5.60 Å². The maximum absolute atomic E-state index is 12.6. The Morgan fingerprint density at radius 3 is 2.80 bits per heavy atom. The number of rotatable bonds is 4. The molecule has 2 fully saturated rings. The Bertz CT molecular complexity index is 601. The number of ether oxygens (including phenoxy) is 1. The van der Waals surface area contributed by atoms with E-state index in [9.17, 15) is 4.79 Å². The van der Waals surface area contributed by atoms with Crippen LogP contribution in [-0.2, 0) is 17.8 Å². The summed E-state index contributed by atoms with van der Waals surface area (Å²) in [5.41, 5.74) is 0.790. The summed E-state index contributed by atoms with van der Waals surface area (Å²) in [7, 11) is 0. The fourth-order valence-electron chi connectivity index (χ4n) is 4.07. The third kappa shape index (κ3) is 4.00. The monoisotopic (exact) mass is 348 g/mol. The normalized spacial score (nSPS) is 22.7. The average Bonchev–Trinajstić information content (AvgIpc) is 2.96. The lowest BCUT2D eigenvalue weighted by Gasteiger charge is -2.54. The number of amides is 1. The van der Waals surface area contributed by atoms with Gasteiger partial charge in [0.05, 0.1) is 5.69 Å². The van der Waals surface area contributed by atoms with Crippen molar-refractivity contribution in [3.8, 4) is 0 Å². The molecule has 1 aromatic heterocycles. The molecule has 3 rings (SSSR count). The van der Waals surface area contributed by atoms with Crippen molar-refractivity contribution in [2.24, 2.45) is 0 Å². The number of nitrogens with zero attached hydrogens (tertiary/aromatic N) is 3. The first-order valence-corrected chi connectivity index (χ1v) is 9.58. The number of hydrogen-bond acceptors (Lipinski definition) is 4. The Morgan fingerprint density at radius 2 is 2.20 bits per heavy atom. The van der Waals surface area contributed by atoms with Crippen molar-refractivity contribution >= 4 is 6.09 Å². The van der Waals surface area contributed by atoms with Crippen LogP contribution in [0.2, 0.25) is 0 Å². The number of aromatic nitrogens is 2. The number of carbonyl (C=O) groups is 1. The number of hydrogen-bond donors (Lipinski definition) is 1. The molecule has 140 valence electrons. The summed E-state index contributed by atoms with van der Waals surface area (Å²) < 4.78 is 7.68. The van der Waals surface area contributed by atoms with E-state index in [2.05, 4.69) is 23.4 Å². The van der Waals surface area contributed by atoms with Crippen molar-refractivity contribution in [1.29, 1.82) is 0 Å². The smallest absolute Gasteiger partial charge is 0.410 e. The van der Waals surface area contributed by atoms with Gasteiger partial charge in [0.2, 0.25) is 0 Å². The van der Waals surface area contributed by atoms with Crippen molar-refractivity contribution in [2.45, 2.75) is 90.1 Å². The molecule has 1 saturated heterocycles. The molecule has 25 heavy (non-hydrogen) atoms. The molecule has 0 radical (unpaired) electrons. The first-order chi connectivity index (χ1) is 11.8. The van der Waals surface area contributed by atoms with E-state index in [1.54, 1.807) is 0 Å². The van der Waals surface area contributed by atoms with Crippen LogP contribution in [0.3, 0.4) is 0 Å². The second-order valence-electron chi connectivity index (χ2n) is 8.42. The van der Waals surface area contributed by atoms with Gasteiger partial charge in [-0.1, -0.05) is 0 Å². The Balaban J connectivity index is 1.60. The molecule has 1 spiro atoms. The number of likely N-dealkylation sites (tertiary alicyclic amines) is 1. The molecule has 1 N–H and O–H groups in total. The van der Waals surface area contributed by atoms with Gasteiger partial charge in [-0.05, 0) is 65.9 Å². The van der Waals surface area contributed by atoms with Gasteiger partial charge in [0, 0.05) is 37.4 Å². The fraction of sp³-hybridized carbons (Fsp3) is 0.789. The molecule has 1 amide bonds. The standard InChI is InChI=1S/C19H32N4O2/c1-5-23-16(7-11-21-23)14-20-15-8-12-22(17(24)25-18(2,3)4)19(13-15)9-6-10-19/h7,11,15,20H,5-6,8-10,12-14H2,1-4H3. The van der Waals surface area contributed by atoms with E-state index in [-0.39, 0.29) is 11.6 Å². The largest absolute Gasteiger partial charge is 0.444 e. The van der Waals surface area contributed by atoms with Gasteiger partial charge in [-0.3, -0.25) is 4.68 Å². The minimum Gasteiger partial charge on any atom is -0.444 e. The van der Waals surface area contributed by atoms with Gasteiger partial charge in [-0.25, -0.2) is 4.79 Å². The molecule has 1 saturated carbocycles. The highest BCUT2D eigenvalue weighted by Gasteiger charge is 2.49. The van der Waals surface area contributed by atoms with Crippen LogP contribution in [0.1, 0.15) is 65.5 Å². The number of carbonyl (C=O) groups excluding carboxylic acids is 1. The van der Waals surface area contributed by atoms with E-state index >= 15 is 0 Å². The second-order valence-corrected chi connectivity index (χ2v) is 8.42. The maximum Gasteiger partial charge on any atom is 0.410 e. The van der Waals surface area contributed by atoms with Crippen LogP contribution in [-0.4, -0.2) is 44.5 Å². The topological polar surface area (TPSA) is 59.4 Å². The van der Waals surface area contributed by atoms with Crippen LogP contribution in [0, 0.1) is 0 Å². The summed E-state index contributed by atoms with van der Waals surface area (Å²) >= 11 is 0. The third-order valence-electron chi connectivity index (χ3n) is 5.47. The number of aryl methyl sites for hydroxylation is 1. The molecule has 1 aliphatic carbocycles. The Hall–Kier alpha value is -1.56. The Labute approximate surface area is 150 Å². The van der Waals surface area contributed by atoms with Crippen molar-refractivity contribution in [3.05, 3.63) is 18.0 Å². The van der Waals surface area contributed by atoms with Crippen LogP contribution < -0.4 is 5.32 Å². The lowest BCUT2D eigenvalue weighted by atomic mass is 9.69. The summed E-state index contributed by atoms with van der Waals surface area (Å²) in [5.74, 6) is 0. The first-order valence-electron chi connectivity index (χ1n) is 9.58. The van der Waals surface area contributed by atoms with Crippen LogP contribution in [0.5, 0.6) is 0 Å². The molecule has 6 heteroatoms. The number of piperidine rings is 1. The zero-order chi connectivity index (χ0) is 18.1. The molecule has 1 aromatic rings. The maximum atomic E-state index is 12.6. The van der Waals surface area contributed by atoms with Crippen LogP contribution in [0.25, 0.3) is 0 Å². The molecular formula is C19H32N4O2. The van der Waals surface area contributed by atoms with Gasteiger partial charge in [0.25, 0.3) is 0 Å². The lowest BCUT2D eigenvalue weighted by Crippen LogP contribution is -2.63. The summed E-state index contributed by atoms with van der Waals surface area (Å²) in [6, 6.07) is 2.52. The van der Waals surface area contributed by atoms with Crippen molar-refractivity contribution in [3.63, 3.8) is 0 Å². The van der Waals surface area contributed by atoms with Crippen molar-refractivity contribution < 1.29 is 9.53 Å². The summed E-state index contributed by atoms with van der Waals surface area (Å²) in [5, 5.41) is 8.02. The molecular weight excluding hydrogens is 316 g/mol. The zero-order valence-electron chi connectivity index (χ0n) is 16.0.